The molecule has 10 rings (SSSR count). The van der Waals surface area contributed by atoms with Crippen LogP contribution >= 0.6 is 0 Å². The summed E-state index contributed by atoms with van der Waals surface area (Å²) in [4.78, 5) is 5.24. The molecule has 1 atom stereocenters. The maximum Gasteiger partial charge on any atom is 0.0728 e. The Morgan fingerprint density at radius 2 is 0.869 bits per heavy atom. The van der Waals surface area contributed by atoms with Gasteiger partial charge in [0.2, 0.25) is 0 Å². The highest BCUT2D eigenvalue weighted by Gasteiger charge is 2.17. The summed E-state index contributed by atoms with van der Waals surface area (Å²) in [6.07, 6.45) is 4.87. The van der Waals surface area contributed by atoms with Crippen LogP contribution in [0.3, 0.4) is 0 Å². The average molecular weight is 790 g/mol. The predicted octanol–water partition coefficient (Wildman–Crippen LogP) is 16.0. The van der Waals surface area contributed by atoms with Gasteiger partial charge in [0, 0.05) is 32.9 Å². The molecule has 2 heterocycles. The molecule has 10 aromatic rings. The molecule has 1 unspecified atom stereocenters. The highest BCUT2D eigenvalue weighted by molar-refractivity contribution is 6.13. The van der Waals surface area contributed by atoms with Crippen LogP contribution in [0.4, 0.5) is 0 Å². The summed E-state index contributed by atoms with van der Waals surface area (Å²) in [5.74, 6) is 0. The van der Waals surface area contributed by atoms with Gasteiger partial charge in [-0.25, -0.2) is 0 Å². The van der Waals surface area contributed by atoms with Crippen LogP contribution in [0.5, 0.6) is 0 Å². The van der Waals surface area contributed by atoms with Crippen LogP contribution in [0.15, 0.2) is 211 Å². The van der Waals surface area contributed by atoms with Gasteiger partial charge in [0.05, 0.1) is 33.8 Å². The number of fused-ring (bicyclic) bond motifs is 6. The highest BCUT2D eigenvalue weighted by atomic mass is 15.0. The normalized spacial score (nSPS) is 12.5. The first-order valence-corrected chi connectivity index (χ1v) is 21.6. The van der Waals surface area contributed by atoms with Crippen molar-refractivity contribution in [3.05, 3.63) is 223 Å². The minimum atomic E-state index is 0.0263. The lowest BCUT2D eigenvalue weighted by Crippen LogP contribution is -2.02. The molecule has 0 aliphatic rings. The van der Waals surface area contributed by atoms with E-state index in [1.54, 1.807) is 0 Å². The topological polar surface area (TPSA) is 22.2 Å². The summed E-state index contributed by atoms with van der Waals surface area (Å²) >= 11 is 0. The van der Waals surface area contributed by atoms with Crippen molar-refractivity contribution in [2.24, 2.45) is 4.99 Å². The van der Waals surface area contributed by atoms with E-state index in [1.165, 1.54) is 62.0 Å². The minimum absolute atomic E-state index is 0.0263. The van der Waals surface area contributed by atoms with E-state index in [2.05, 4.69) is 243 Å². The van der Waals surface area contributed by atoms with Crippen molar-refractivity contribution in [1.82, 2.24) is 9.13 Å². The summed E-state index contributed by atoms with van der Waals surface area (Å²) in [6, 6.07) is 72.1. The molecule has 0 aliphatic carbocycles. The Morgan fingerprint density at radius 3 is 1.31 bits per heavy atom. The standard InChI is InChI=1S/C54H41N3.C4H10/c1-37(33-50(42-19-7-4-8-20-42)55-38(2)40-17-5-3-6-18-40)39-29-31-41(32-30-39)43-34-44(56-51-25-13-9-21-46(51)47-22-10-14-26-52(47)56)36-45(35-43)57-53-27-15-11-23-48(53)49-24-12-16-28-54(49)57;1-3-4-2/h3-36,38H,1-2H3;3-4H2,1-2H3/b37-33+,55-50?;. The molecule has 298 valence electrons. The number of aromatic nitrogens is 2. The number of aliphatic imine (C=N–C) groups is 1. The van der Waals surface area contributed by atoms with Crippen LogP contribution in [0, 0.1) is 0 Å². The number of rotatable bonds is 9. The first kappa shape index (κ1) is 39.2. The molecule has 2 aromatic heterocycles. The number of para-hydroxylation sites is 4. The fraction of sp³-hybridized carbons (Fsp3) is 0.121. The Kier molecular flexibility index (Phi) is 11.3. The monoisotopic (exact) mass is 789 g/mol. The van der Waals surface area contributed by atoms with Gasteiger partial charge in [-0.1, -0.05) is 184 Å². The van der Waals surface area contributed by atoms with E-state index in [0.29, 0.717) is 0 Å². The van der Waals surface area contributed by atoms with Crippen molar-refractivity contribution in [3.63, 3.8) is 0 Å². The van der Waals surface area contributed by atoms with E-state index in [4.69, 9.17) is 4.99 Å². The molecule has 0 amide bonds. The first-order chi connectivity index (χ1) is 30.0. The molecule has 0 fully saturated rings. The fourth-order valence-electron chi connectivity index (χ4n) is 8.45. The molecular formula is C58H51N3. The lowest BCUT2D eigenvalue weighted by molar-refractivity contribution is 0.822. The summed E-state index contributed by atoms with van der Waals surface area (Å²) in [5.41, 5.74) is 14.9. The molecule has 0 spiro atoms. The number of unbranched alkanes of at least 4 members (excludes halogenated alkanes) is 1. The predicted molar refractivity (Wildman–Crippen MR) is 263 cm³/mol. The van der Waals surface area contributed by atoms with E-state index < -0.39 is 0 Å². The lowest BCUT2D eigenvalue weighted by Gasteiger charge is -2.16. The third kappa shape index (κ3) is 7.83. The summed E-state index contributed by atoms with van der Waals surface area (Å²) in [5, 5.41) is 5.00. The molecule has 0 radical (unpaired) electrons. The Balaban J connectivity index is 0.00000114. The van der Waals surface area contributed by atoms with Crippen molar-refractivity contribution in [3.8, 4) is 22.5 Å². The van der Waals surface area contributed by atoms with Crippen molar-refractivity contribution in [2.45, 2.75) is 46.6 Å². The maximum atomic E-state index is 5.24. The Labute approximate surface area is 359 Å². The zero-order valence-corrected chi connectivity index (χ0v) is 35.5. The van der Waals surface area contributed by atoms with Crippen molar-refractivity contribution < 1.29 is 0 Å². The van der Waals surface area contributed by atoms with Gasteiger partial charge in [-0.2, -0.15) is 0 Å². The first-order valence-electron chi connectivity index (χ1n) is 21.6. The van der Waals surface area contributed by atoms with Gasteiger partial charge in [-0.05, 0) is 95.8 Å². The molecular weight excluding hydrogens is 739 g/mol. The Bertz CT molecular complexity index is 2920. The number of benzene rings is 8. The van der Waals surface area contributed by atoms with Crippen molar-refractivity contribution in [1.29, 1.82) is 0 Å². The summed E-state index contributed by atoms with van der Waals surface area (Å²) < 4.78 is 4.85. The molecule has 0 saturated carbocycles. The van der Waals surface area contributed by atoms with Gasteiger partial charge >= 0.3 is 0 Å². The molecule has 0 bridgehead atoms. The molecule has 61 heavy (non-hydrogen) atoms. The second-order valence-electron chi connectivity index (χ2n) is 15.8. The van der Waals surface area contributed by atoms with Crippen LogP contribution in [0.1, 0.15) is 63.3 Å². The Morgan fingerprint density at radius 1 is 0.459 bits per heavy atom. The summed E-state index contributed by atoms with van der Waals surface area (Å²) in [7, 11) is 0. The summed E-state index contributed by atoms with van der Waals surface area (Å²) in [6.45, 7) is 8.71. The quantitative estimate of drug-likeness (QED) is 0.130. The van der Waals surface area contributed by atoms with E-state index in [0.717, 1.165) is 44.9 Å². The minimum Gasteiger partial charge on any atom is -0.309 e. The van der Waals surface area contributed by atoms with Gasteiger partial charge in [0.15, 0.2) is 0 Å². The molecule has 3 nitrogen and oxygen atoms in total. The highest BCUT2D eigenvalue weighted by Crippen LogP contribution is 2.38. The van der Waals surface area contributed by atoms with Crippen LogP contribution in [0.25, 0.3) is 71.7 Å². The second-order valence-corrected chi connectivity index (χ2v) is 15.8. The maximum absolute atomic E-state index is 5.24. The second kappa shape index (κ2) is 17.6. The van der Waals surface area contributed by atoms with Gasteiger partial charge in [0.1, 0.15) is 0 Å². The largest absolute Gasteiger partial charge is 0.309 e. The lowest BCUT2D eigenvalue weighted by atomic mass is 9.98. The SMILES string of the molecule is C/C(=C\C(=NC(C)c1ccccc1)c1ccccc1)c1ccc(-c2cc(-n3c4ccccc4c4ccccc43)cc(-n3c4ccccc4c4ccccc43)c2)cc1.CCCC. The third-order valence-corrected chi connectivity index (χ3v) is 11.8. The van der Waals surface area contributed by atoms with Gasteiger partial charge in [0.25, 0.3) is 0 Å². The Hall–Kier alpha value is -7.23. The fourth-order valence-corrected chi connectivity index (χ4v) is 8.45. The van der Waals surface area contributed by atoms with E-state index in [9.17, 15) is 0 Å². The zero-order valence-electron chi connectivity index (χ0n) is 35.5. The molecule has 3 heteroatoms. The van der Waals surface area contributed by atoms with Crippen LogP contribution in [-0.2, 0) is 0 Å². The van der Waals surface area contributed by atoms with E-state index in [1.807, 2.05) is 0 Å². The number of allylic oxidation sites excluding steroid dienone is 2. The third-order valence-electron chi connectivity index (χ3n) is 11.8. The molecule has 8 aromatic carbocycles. The van der Waals surface area contributed by atoms with Crippen LogP contribution < -0.4 is 0 Å². The van der Waals surface area contributed by atoms with Gasteiger partial charge in [-0.3, -0.25) is 4.99 Å². The molecule has 0 N–H and O–H groups in total. The number of hydrogen-bond acceptors (Lipinski definition) is 1. The smallest absolute Gasteiger partial charge is 0.0728 e. The van der Waals surface area contributed by atoms with Crippen LogP contribution in [0.2, 0.25) is 0 Å². The molecule has 0 aliphatic heterocycles. The molecule has 0 saturated heterocycles. The van der Waals surface area contributed by atoms with E-state index >= 15 is 0 Å². The van der Waals surface area contributed by atoms with Crippen molar-refractivity contribution in [2.75, 3.05) is 0 Å². The zero-order chi connectivity index (χ0) is 41.7. The number of nitrogens with zero attached hydrogens (tertiary/aromatic N) is 3. The van der Waals surface area contributed by atoms with Crippen molar-refractivity contribution >= 4 is 54.9 Å². The van der Waals surface area contributed by atoms with Gasteiger partial charge < -0.3 is 9.13 Å². The number of hydrogen-bond donors (Lipinski definition) is 0. The van der Waals surface area contributed by atoms with E-state index in [-0.39, 0.29) is 6.04 Å². The average Bonchev–Trinajstić information content (AvgIpc) is 3.85. The van der Waals surface area contributed by atoms with Crippen LogP contribution in [-0.4, -0.2) is 14.8 Å². The van der Waals surface area contributed by atoms with Gasteiger partial charge in [-0.15, -0.1) is 0 Å².